The van der Waals surface area contributed by atoms with E-state index in [0.29, 0.717) is 11.5 Å². The Bertz CT molecular complexity index is 327. The lowest BCUT2D eigenvalue weighted by molar-refractivity contribution is -0.104. The van der Waals surface area contributed by atoms with Crippen LogP contribution >= 0.6 is 0 Å². The van der Waals surface area contributed by atoms with Gasteiger partial charge in [-0.2, -0.15) is 0 Å². The van der Waals surface area contributed by atoms with Crippen LogP contribution in [0.5, 0.6) is 0 Å². The first-order valence-electron chi connectivity index (χ1n) is 8.81. The van der Waals surface area contributed by atoms with E-state index in [2.05, 4.69) is 39.5 Å². The van der Waals surface area contributed by atoms with Gasteiger partial charge >= 0.3 is 0 Å². The number of ether oxygens (including phenoxy) is 1. The summed E-state index contributed by atoms with van der Waals surface area (Å²) in [7, 11) is 0. The van der Waals surface area contributed by atoms with Crippen molar-refractivity contribution in [3.63, 3.8) is 0 Å². The Balaban J connectivity index is 1.93. The van der Waals surface area contributed by atoms with Crippen molar-refractivity contribution in [1.29, 1.82) is 0 Å². The minimum absolute atomic E-state index is 0.0196. The predicted octanol–water partition coefficient (Wildman–Crippen LogP) is 3.28. The summed E-state index contributed by atoms with van der Waals surface area (Å²) in [6.07, 6.45) is 5.44. The van der Waals surface area contributed by atoms with Crippen LogP contribution in [-0.2, 0) is 4.74 Å². The van der Waals surface area contributed by atoms with Gasteiger partial charge in [-0.05, 0) is 56.8 Å². The minimum Gasteiger partial charge on any atom is -0.373 e. The molecule has 2 aliphatic rings. The average molecular weight is 296 g/mol. The molecule has 1 saturated heterocycles. The van der Waals surface area contributed by atoms with E-state index in [4.69, 9.17) is 10.5 Å². The molecule has 1 heterocycles. The molecule has 0 amide bonds. The lowest BCUT2D eigenvalue weighted by Gasteiger charge is -2.46. The first-order chi connectivity index (χ1) is 9.73. The molecule has 0 aromatic carbocycles. The number of morpholine rings is 1. The van der Waals surface area contributed by atoms with Crippen LogP contribution in [0.25, 0.3) is 0 Å². The molecule has 1 atom stereocenters. The molecule has 1 saturated carbocycles. The molecule has 21 heavy (non-hydrogen) atoms. The second kappa shape index (κ2) is 6.55. The average Bonchev–Trinajstić information content (AvgIpc) is 2.38. The lowest BCUT2D eigenvalue weighted by Crippen LogP contribution is -2.56. The van der Waals surface area contributed by atoms with Crippen molar-refractivity contribution in [1.82, 2.24) is 4.90 Å². The Hall–Kier alpha value is -0.120. The number of hydrogen-bond acceptors (Lipinski definition) is 3. The minimum atomic E-state index is -0.0196. The fourth-order valence-corrected chi connectivity index (χ4v) is 4.35. The summed E-state index contributed by atoms with van der Waals surface area (Å²) in [6, 6.07) is 0.550. The Morgan fingerprint density at radius 3 is 2.29 bits per heavy atom. The van der Waals surface area contributed by atoms with Gasteiger partial charge in [0.25, 0.3) is 0 Å². The van der Waals surface area contributed by atoms with Gasteiger partial charge in [-0.3, -0.25) is 4.90 Å². The standard InChI is InChI=1S/C18H36N2O/c1-17(2,3)15-8-6-14(7-9-15)16(12-19)20-10-11-21-18(4,5)13-20/h14-16H,6-13,19H2,1-5H3. The Kier molecular flexibility index (Phi) is 5.38. The molecule has 3 heteroatoms. The predicted molar refractivity (Wildman–Crippen MR) is 89.3 cm³/mol. The third-order valence-corrected chi connectivity index (χ3v) is 5.71. The van der Waals surface area contributed by atoms with E-state index >= 15 is 0 Å². The number of nitrogens with two attached hydrogens (primary N) is 1. The van der Waals surface area contributed by atoms with Gasteiger partial charge in [-0.1, -0.05) is 20.8 Å². The van der Waals surface area contributed by atoms with Crippen molar-refractivity contribution >= 4 is 0 Å². The van der Waals surface area contributed by atoms with Crippen LogP contribution < -0.4 is 5.73 Å². The molecular weight excluding hydrogens is 260 g/mol. The molecule has 0 bridgehead atoms. The molecule has 0 spiro atoms. The Morgan fingerprint density at radius 2 is 1.81 bits per heavy atom. The zero-order valence-electron chi connectivity index (χ0n) is 14.8. The summed E-state index contributed by atoms with van der Waals surface area (Å²) >= 11 is 0. The van der Waals surface area contributed by atoms with Gasteiger partial charge in [0.1, 0.15) is 0 Å². The van der Waals surface area contributed by atoms with Crippen molar-refractivity contribution in [2.24, 2.45) is 23.0 Å². The van der Waals surface area contributed by atoms with Gasteiger partial charge in [0.05, 0.1) is 12.2 Å². The zero-order chi connectivity index (χ0) is 15.7. The highest BCUT2D eigenvalue weighted by Gasteiger charge is 2.37. The monoisotopic (exact) mass is 296 g/mol. The van der Waals surface area contributed by atoms with Crippen molar-refractivity contribution in [2.75, 3.05) is 26.2 Å². The lowest BCUT2D eigenvalue weighted by atomic mass is 9.68. The quantitative estimate of drug-likeness (QED) is 0.868. The molecule has 0 radical (unpaired) electrons. The summed E-state index contributed by atoms with van der Waals surface area (Å²) < 4.78 is 5.86. The molecular formula is C18H36N2O. The van der Waals surface area contributed by atoms with Gasteiger partial charge in [0.15, 0.2) is 0 Å². The molecule has 124 valence electrons. The van der Waals surface area contributed by atoms with E-state index in [1.54, 1.807) is 0 Å². The van der Waals surface area contributed by atoms with Crippen molar-refractivity contribution < 1.29 is 4.74 Å². The largest absolute Gasteiger partial charge is 0.373 e. The first-order valence-corrected chi connectivity index (χ1v) is 8.81. The first kappa shape index (κ1) is 17.2. The smallest absolute Gasteiger partial charge is 0.0753 e. The summed E-state index contributed by atoms with van der Waals surface area (Å²) in [5, 5.41) is 0. The summed E-state index contributed by atoms with van der Waals surface area (Å²) in [5.74, 6) is 1.66. The molecule has 1 unspecified atom stereocenters. The summed E-state index contributed by atoms with van der Waals surface area (Å²) in [4.78, 5) is 2.60. The van der Waals surface area contributed by atoms with Gasteiger partial charge in [0.2, 0.25) is 0 Å². The second-order valence-electron chi connectivity index (χ2n) is 8.86. The van der Waals surface area contributed by atoms with Gasteiger partial charge in [-0.15, -0.1) is 0 Å². The van der Waals surface area contributed by atoms with Crippen LogP contribution in [0.3, 0.4) is 0 Å². The van der Waals surface area contributed by atoms with Gasteiger partial charge < -0.3 is 10.5 Å². The van der Waals surface area contributed by atoms with E-state index in [1.165, 1.54) is 25.7 Å². The molecule has 1 aliphatic heterocycles. The molecule has 2 rings (SSSR count). The molecule has 3 nitrogen and oxygen atoms in total. The van der Waals surface area contributed by atoms with Crippen LogP contribution in [0.4, 0.5) is 0 Å². The second-order valence-corrected chi connectivity index (χ2v) is 8.86. The Morgan fingerprint density at radius 1 is 1.19 bits per heavy atom. The van der Waals surface area contributed by atoms with Crippen LogP contribution in [0.2, 0.25) is 0 Å². The summed E-state index contributed by atoms with van der Waals surface area (Å²) in [6.45, 7) is 15.3. The van der Waals surface area contributed by atoms with Crippen LogP contribution in [0, 0.1) is 17.3 Å². The summed E-state index contributed by atoms with van der Waals surface area (Å²) in [5.41, 5.74) is 6.60. The topological polar surface area (TPSA) is 38.5 Å². The van der Waals surface area contributed by atoms with Crippen LogP contribution in [-0.4, -0.2) is 42.8 Å². The van der Waals surface area contributed by atoms with E-state index in [9.17, 15) is 0 Å². The molecule has 0 aromatic rings. The Labute approximate surface area is 131 Å². The van der Waals surface area contributed by atoms with Gasteiger partial charge in [-0.25, -0.2) is 0 Å². The molecule has 0 aromatic heterocycles. The zero-order valence-corrected chi connectivity index (χ0v) is 14.8. The highest BCUT2D eigenvalue weighted by Crippen LogP contribution is 2.41. The number of rotatable bonds is 3. The number of hydrogen-bond donors (Lipinski definition) is 1. The fourth-order valence-electron chi connectivity index (χ4n) is 4.35. The highest BCUT2D eigenvalue weighted by atomic mass is 16.5. The highest BCUT2D eigenvalue weighted by molar-refractivity contribution is 4.91. The maximum Gasteiger partial charge on any atom is 0.0753 e. The van der Waals surface area contributed by atoms with Crippen LogP contribution in [0.15, 0.2) is 0 Å². The van der Waals surface area contributed by atoms with E-state index < -0.39 is 0 Å². The van der Waals surface area contributed by atoms with E-state index in [0.717, 1.165) is 38.1 Å². The molecule has 2 N–H and O–H groups in total. The SMILES string of the molecule is CC1(C)CN(C(CN)C2CCC(C(C)(C)C)CC2)CCO1. The maximum atomic E-state index is 6.16. The van der Waals surface area contributed by atoms with Crippen LogP contribution in [0.1, 0.15) is 60.3 Å². The molecule has 2 fully saturated rings. The van der Waals surface area contributed by atoms with Crippen molar-refractivity contribution in [2.45, 2.75) is 71.9 Å². The normalized spacial score (nSPS) is 32.9. The number of nitrogens with zero attached hydrogens (tertiary/aromatic N) is 1. The van der Waals surface area contributed by atoms with Crippen molar-refractivity contribution in [3.8, 4) is 0 Å². The van der Waals surface area contributed by atoms with Gasteiger partial charge in [0, 0.05) is 25.7 Å². The fraction of sp³-hybridized carbons (Fsp3) is 1.00. The third-order valence-electron chi connectivity index (χ3n) is 5.71. The molecule has 1 aliphatic carbocycles. The third kappa shape index (κ3) is 4.43. The van der Waals surface area contributed by atoms with E-state index in [1.807, 2.05) is 0 Å². The van der Waals surface area contributed by atoms with Crippen molar-refractivity contribution in [3.05, 3.63) is 0 Å². The van der Waals surface area contributed by atoms with E-state index in [-0.39, 0.29) is 5.60 Å². The maximum absolute atomic E-state index is 6.16.